The Bertz CT molecular complexity index is 827. The molecule has 2 fully saturated rings. The number of thiazole rings is 1. The average molecular weight is 419 g/mol. The lowest BCUT2D eigenvalue weighted by atomic mass is 9.98. The SMILES string of the molecule is Cc1ccccc1-c1cnc(N2CCN(SC3(C(N)=O)CCOCC3)CC2)s1. The van der Waals surface area contributed by atoms with Gasteiger partial charge in [-0.2, -0.15) is 0 Å². The van der Waals surface area contributed by atoms with E-state index in [1.54, 1.807) is 23.3 Å². The van der Waals surface area contributed by atoms with Crippen molar-refractivity contribution in [3.63, 3.8) is 0 Å². The molecule has 0 radical (unpaired) electrons. The van der Waals surface area contributed by atoms with Crippen LogP contribution in [0.15, 0.2) is 30.5 Å². The number of aryl methyl sites for hydroxylation is 1. The Morgan fingerprint density at radius 1 is 1.21 bits per heavy atom. The van der Waals surface area contributed by atoms with Crippen LogP contribution in [0.4, 0.5) is 5.13 Å². The maximum atomic E-state index is 12.1. The van der Waals surface area contributed by atoms with Crippen LogP contribution in [-0.4, -0.2) is 59.3 Å². The summed E-state index contributed by atoms with van der Waals surface area (Å²) in [6.45, 7) is 6.93. The lowest BCUT2D eigenvalue weighted by Gasteiger charge is -2.40. The summed E-state index contributed by atoms with van der Waals surface area (Å²) < 4.78 is 7.21. The van der Waals surface area contributed by atoms with Gasteiger partial charge in [0.25, 0.3) is 0 Å². The Morgan fingerprint density at radius 3 is 2.61 bits per heavy atom. The molecule has 3 heterocycles. The first kappa shape index (κ1) is 19.7. The van der Waals surface area contributed by atoms with Crippen LogP contribution in [0.25, 0.3) is 10.4 Å². The second-order valence-electron chi connectivity index (χ2n) is 7.30. The van der Waals surface area contributed by atoms with Gasteiger partial charge in [-0.1, -0.05) is 47.6 Å². The van der Waals surface area contributed by atoms with Gasteiger partial charge in [-0.3, -0.25) is 4.79 Å². The summed E-state index contributed by atoms with van der Waals surface area (Å²) in [4.78, 5) is 20.3. The first-order chi connectivity index (χ1) is 13.6. The highest BCUT2D eigenvalue weighted by Crippen LogP contribution is 2.39. The molecule has 8 heteroatoms. The summed E-state index contributed by atoms with van der Waals surface area (Å²) in [5.41, 5.74) is 8.27. The minimum Gasteiger partial charge on any atom is -0.381 e. The van der Waals surface area contributed by atoms with Crippen LogP contribution in [-0.2, 0) is 9.53 Å². The van der Waals surface area contributed by atoms with Crippen LogP contribution >= 0.6 is 23.3 Å². The van der Waals surface area contributed by atoms with Gasteiger partial charge >= 0.3 is 0 Å². The van der Waals surface area contributed by atoms with Gasteiger partial charge < -0.3 is 15.4 Å². The minimum absolute atomic E-state index is 0.217. The number of nitrogens with two attached hydrogens (primary N) is 1. The molecule has 150 valence electrons. The number of amides is 1. The molecule has 2 aromatic rings. The molecule has 2 saturated heterocycles. The van der Waals surface area contributed by atoms with E-state index in [1.807, 2.05) is 6.20 Å². The summed E-state index contributed by atoms with van der Waals surface area (Å²) in [6, 6.07) is 8.42. The molecular formula is C20H26N4O2S2. The maximum Gasteiger partial charge on any atom is 0.235 e. The van der Waals surface area contributed by atoms with Crippen molar-refractivity contribution < 1.29 is 9.53 Å². The van der Waals surface area contributed by atoms with E-state index < -0.39 is 4.75 Å². The number of primary amides is 1. The highest BCUT2D eigenvalue weighted by Gasteiger charge is 2.41. The summed E-state index contributed by atoms with van der Waals surface area (Å²) in [5, 5.41) is 1.07. The first-order valence-corrected chi connectivity index (χ1v) is 11.2. The highest BCUT2D eigenvalue weighted by atomic mass is 32.2. The summed E-state index contributed by atoms with van der Waals surface area (Å²) in [5.74, 6) is -0.217. The number of carbonyl (C=O) groups excluding carboxylic acids is 1. The normalized spacial score (nSPS) is 20.2. The molecule has 28 heavy (non-hydrogen) atoms. The quantitative estimate of drug-likeness (QED) is 0.753. The van der Waals surface area contributed by atoms with E-state index in [2.05, 4.69) is 45.4 Å². The molecule has 0 bridgehead atoms. The van der Waals surface area contributed by atoms with E-state index >= 15 is 0 Å². The number of anilines is 1. The lowest BCUT2D eigenvalue weighted by molar-refractivity contribution is -0.122. The van der Waals surface area contributed by atoms with Gasteiger partial charge in [0.15, 0.2) is 5.13 Å². The predicted octanol–water partition coefficient (Wildman–Crippen LogP) is 2.92. The molecule has 0 unspecified atom stereocenters. The predicted molar refractivity (Wildman–Crippen MR) is 116 cm³/mol. The molecule has 1 aromatic heterocycles. The van der Waals surface area contributed by atoms with Crippen molar-refractivity contribution in [2.45, 2.75) is 24.5 Å². The van der Waals surface area contributed by atoms with Gasteiger partial charge in [-0.25, -0.2) is 9.29 Å². The molecule has 1 aromatic carbocycles. The van der Waals surface area contributed by atoms with Crippen LogP contribution < -0.4 is 10.6 Å². The smallest absolute Gasteiger partial charge is 0.235 e. The average Bonchev–Trinajstić information content (AvgIpc) is 3.19. The number of hydrogen-bond acceptors (Lipinski definition) is 7. The third-order valence-corrected chi connectivity index (χ3v) is 8.14. The Labute approximate surface area is 174 Å². The Morgan fingerprint density at radius 2 is 1.93 bits per heavy atom. The molecule has 0 aliphatic carbocycles. The number of nitrogens with zero attached hydrogens (tertiary/aromatic N) is 3. The third-order valence-electron chi connectivity index (χ3n) is 5.47. The first-order valence-electron chi connectivity index (χ1n) is 9.66. The van der Waals surface area contributed by atoms with E-state index in [9.17, 15) is 4.79 Å². The number of rotatable bonds is 5. The van der Waals surface area contributed by atoms with Crippen LogP contribution in [0.3, 0.4) is 0 Å². The Kier molecular flexibility index (Phi) is 5.91. The zero-order valence-electron chi connectivity index (χ0n) is 16.1. The van der Waals surface area contributed by atoms with Crippen LogP contribution in [0.2, 0.25) is 0 Å². The van der Waals surface area contributed by atoms with E-state index in [1.165, 1.54) is 16.0 Å². The zero-order chi connectivity index (χ0) is 19.6. The van der Waals surface area contributed by atoms with Gasteiger partial charge in [0.2, 0.25) is 5.91 Å². The van der Waals surface area contributed by atoms with Gasteiger partial charge in [0.05, 0.1) is 4.88 Å². The lowest BCUT2D eigenvalue weighted by Crippen LogP contribution is -2.51. The fourth-order valence-corrected chi connectivity index (χ4v) is 6.02. The Balaban J connectivity index is 1.38. The summed E-state index contributed by atoms with van der Waals surface area (Å²) >= 11 is 3.38. The van der Waals surface area contributed by atoms with Crippen LogP contribution in [0, 0.1) is 6.92 Å². The third kappa shape index (κ3) is 4.05. The number of benzene rings is 1. The second kappa shape index (κ2) is 8.41. The van der Waals surface area contributed by atoms with Crippen molar-refractivity contribution in [3.05, 3.63) is 36.0 Å². The summed E-state index contributed by atoms with van der Waals surface area (Å²) in [7, 11) is 0. The topological polar surface area (TPSA) is 71.7 Å². The van der Waals surface area contributed by atoms with Gasteiger partial charge in [-0.15, -0.1) is 0 Å². The number of carbonyl (C=O) groups is 1. The van der Waals surface area contributed by atoms with Crippen molar-refractivity contribution >= 4 is 34.3 Å². The van der Waals surface area contributed by atoms with E-state index in [0.29, 0.717) is 26.1 Å². The number of aromatic nitrogens is 1. The van der Waals surface area contributed by atoms with Crippen molar-refractivity contribution in [2.75, 3.05) is 44.3 Å². The number of hydrogen-bond donors (Lipinski definition) is 1. The van der Waals surface area contributed by atoms with Crippen molar-refractivity contribution in [3.8, 4) is 10.4 Å². The van der Waals surface area contributed by atoms with E-state index in [4.69, 9.17) is 10.5 Å². The summed E-state index contributed by atoms with van der Waals surface area (Å²) in [6.07, 6.45) is 3.37. The molecule has 6 nitrogen and oxygen atoms in total. The molecule has 0 spiro atoms. The van der Waals surface area contributed by atoms with E-state index in [-0.39, 0.29) is 5.91 Å². The molecule has 2 aliphatic heterocycles. The zero-order valence-corrected chi connectivity index (χ0v) is 17.7. The van der Waals surface area contributed by atoms with Gasteiger partial charge in [0.1, 0.15) is 4.75 Å². The minimum atomic E-state index is -0.514. The Hall–Kier alpha value is -1.61. The van der Waals surface area contributed by atoms with Gasteiger partial charge in [-0.05, 0) is 30.9 Å². The fourth-order valence-electron chi connectivity index (χ4n) is 3.69. The molecule has 2 N–H and O–H groups in total. The molecule has 0 atom stereocenters. The van der Waals surface area contributed by atoms with Crippen LogP contribution in [0.1, 0.15) is 18.4 Å². The number of ether oxygens (including phenoxy) is 1. The van der Waals surface area contributed by atoms with Crippen molar-refractivity contribution in [2.24, 2.45) is 5.73 Å². The number of piperazine rings is 1. The molecule has 1 amide bonds. The largest absolute Gasteiger partial charge is 0.381 e. The van der Waals surface area contributed by atoms with Gasteiger partial charge in [0, 0.05) is 45.6 Å². The molecule has 2 aliphatic rings. The molecule has 4 rings (SSSR count). The van der Waals surface area contributed by atoms with Crippen molar-refractivity contribution in [1.82, 2.24) is 9.29 Å². The van der Waals surface area contributed by atoms with Crippen LogP contribution in [0.5, 0.6) is 0 Å². The maximum absolute atomic E-state index is 12.1. The fraction of sp³-hybridized carbons (Fsp3) is 0.500. The highest BCUT2D eigenvalue weighted by molar-refractivity contribution is 7.99. The van der Waals surface area contributed by atoms with E-state index in [0.717, 1.165) is 31.3 Å². The molecular weight excluding hydrogens is 392 g/mol. The standard InChI is InChI=1S/C20H26N4O2S2/c1-15-4-2-3-5-16(15)17-14-22-19(27-17)23-8-10-24(11-9-23)28-20(18(21)25)6-12-26-13-7-20/h2-5,14H,6-13H2,1H3,(H2,21,25). The monoisotopic (exact) mass is 418 g/mol. The second-order valence-corrected chi connectivity index (χ2v) is 9.79. The van der Waals surface area contributed by atoms with Crippen molar-refractivity contribution in [1.29, 1.82) is 0 Å². The molecule has 0 saturated carbocycles.